The Morgan fingerprint density at radius 2 is 2.06 bits per heavy atom. The number of benzene rings is 1. The Balaban J connectivity index is 1.96. The van der Waals surface area contributed by atoms with E-state index in [2.05, 4.69) is 17.4 Å². The van der Waals surface area contributed by atoms with Gasteiger partial charge in [0.1, 0.15) is 0 Å². The van der Waals surface area contributed by atoms with Gasteiger partial charge >= 0.3 is 0 Å². The van der Waals surface area contributed by atoms with E-state index in [-0.39, 0.29) is 0 Å². The van der Waals surface area contributed by atoms with Crippen molar-refractivity contribution in [3.05, 3.63) is 23.8 Å². The van der Waals surface area contributed by atoms with Crippen LogP contribution in [0.15, 0.2) is 18.2 Å². The van der Waals surface area contributed by atoms with E-state index in [1.807, 2.05) is 20.0 Å². The molecule has 0 saturated heterocycles. The summed E-state index contributed by atoms with van der Waals surface area (Å²) in [4.78, 5) is 0. The molecule has 0 amide bonds. The van der Waals surface area contributed by atoms with Gasteiger partial charge in [-0.05, 0) is 44.0 Å². The molecule has 0 aliphatic heterocycles. The molecule has 1 saturated carbocycles. The van der Waals surface area contributed by atoms with Crippen molar-refractivity contribution < 1.29 is 9.47 Å². The fourth-order valence-electron chi connectivity index (χ4n) is 2.00. The van der Waals surface area contributed by atoms with Crippen molar-refractivity contribution in [1.82, 2.24) is 5.32 Å². The lowest BCUT2D eigenvalue weighted by molar-refractivity contribution is 0.268. The second-order valence-electron chi connectivity index (χ2n) is 4.82. The van der Waals surface area contributed by atoms with Crippen molar-refractivity contribution in [2.24, 2.45) is 5.92 Å². The van der Waals surface area contributed by atoms with Crippen molar-refractivity contribution in [3.8, 4) is 11.5 Å². The maximum atomic E-state index is 5.83. The fraction of sp³-hybridized carbons (Fsp3) is 0.600. The maximum Gasteiger partial charge on any atom is 0.161 e. The van der Waals surface area contributed by atoms with Crippen LogP contribution in [-0.4, -0.2) is 20.3 Å². The molecule has 18 heavy (non-hydrogen) atoms. The Morgan fingerprint density at radius 1 is 1.22 bits per heavy atom. The predicted molar refractivity (Wildman–Crippen MR) is 73.2 cm³/mol. The van der Waals surface area contributed by atoms with E-state index in [0.29, 0.717) is 6.61 Å². The highest BCUT2D eigenvalue weighted by atomic mass is 16.5. The molecule has 100 valence electrons. The van der Waals surface area contributed by atoms with Crippen LogP contribution in [-0.2, 0) is 6.54 Å². The summed E-state index contributed by atoms with van der Waals surface area (Å²) in [6.07, 6.45) is 3.93. The summed E-state index contributed by atoms with van der Waals surface area (Å²) in [7, 11) is 1.94. The van der Waals surface area contributed by atoms with Crippen LogP contribution < -0.4 is 14.8 Å². The van der Waals surface area contributed by atoms with Crippen LogP contribution in [0.4, 0.5) is 0 Å². The Kier molecular flexibility index (Phi) is 4.88. The summed E-state index contributed by atoms with van der Waals surface area (Å²) in [6.45, 7) is 4.32. The summed E-state index contributed by atoms with van der Waals surface area (Å²) in [6, 6.07) is 6.17. The van der Waals surface area contributed by atoms with E-state index in [1.54, 1.807) is 0 Å². The zero-order valence-corrected chi connectivity index (χ0v) is 11.4. The van der Waals surface area contributed by atoms with Gasteiger partial charge in [-0.1, -0.05) is 18.9 Å². The van der Waals surface area contributed by atoms with E-state index in [1.165, 1.54) is 24.8 Å². The Morgan fingerprint density at radius 3 is 2.72 bits per heavy atom. The van der Waals surface area contributed by atoms with E-state index < -0.39 is 0 Å². The van der Waals surface area contributed by atoms with Crippen molar-refractivity contribution in [2.45, 2.75) is 32.7 Å². The average Bonchev–Trinajstić information content (AvgIpc) is 3.17. The molecule has 0 radical (unpaired) electrons. The first-order valence-electron chi connectivity index (χ1n) is 6.86. The zero-order valence-electron chi connectivity index (χ0n) is 11.4. The third-order valence-electron chi connectivity index (χ3n) is 3.17. The van der Waals surface area contributed by atoms with E-state index in [9.17, 15) is 0 Å². The molecule has 1 aliphatic carbocycles. The first-order chi connectivity index (χ1) is 8.83. The molecule has 0 bridgehead atoms. The molecule has 2 rings (SSSR count). The van der Waals surface area contributed by atoms with Gasteiger partial charge in [0, 0.05) is 6.54 Å². The Hall–Kier alpha value is -1.22. The van der Waals surface area contributed by atoms with Crippen LogP contribution in [0.25, 0.3) is 0 Å². The molecule has 0 unspecified atom stereocenters. The minimum absolute atomic E-state index is 0.669. The molecular formula is C15H23NO2. The SMILES string of the molecule is CCOc1cc(CNC)ccc1OCCC1CC1. The number of ether oxygens (including phenoxy) is 2. The highest BCUT2D eigenvalue weighted by Gasteiger charge is 2.21. The van der Waals surface area contributed by atoms with Gasteiger partial charge in [0.2, 0.25) is 0 Å². The molecule has 0 atom stereocenters. The second-order valence-corrected chi connectivity index (χ2v) is 4.82. The van der Waals surface area contributed by atoms with Crippen molar-refractivity contribution in [3.63, 3.8) is 0 Å². The van der Waals surface area contributed by atoms with Gasteiger partial charge in [0.15, 0.2) is 11.5 Å². The van der Waals surface area contributed by atoms with Crippen LogP contribution in [0.5, 0.6) is 11.5 Å². The molecule has 0 heterocycles. The highest BCUT2D eigenvalue weighted by Crippen LogP contribution is 2.33. The molecule has 1 aromatic rings. The van der Waals surface area contributed by atoms with Crippen LogP contribution in [0.3, 0.4) is 0 Å². The lowest BCUT2D eigenvalue weighted by Crippen LogP contribution is -2.06. The minimum Gasteiger partial charge on any atom is -0.490 e. The first-order valence-corrected chi connectivity index (χ1v) is 6.86. The summed E-state index contributed by atoms with van der Waals surface area (Å²) >= 11 is 0. The van der Waals surface area contributed by atoms with Crippen molar-refractivity contribution >= 4 is 0 Å². The van der Waals surface area contributed by atoms with Crippen molar-refractivity contribution in [1.29, 1.82) is 0 Å². The molecule has 1 aliphatic rings. The Labute approximate surface area is 109 Å². The molecule has 3 nitrogen and oxygen atoms in total. The van der Waals surface area contributed by atoms with Crippen LogP contribution in [0, 0.1) is 5.92 Å². The highest BCUT2D eigenvalue weighted by molar-refractivity contribution is 5.43. The molecule has 1 fully saturated rings. The smallest absolute Gasteiger partial charge is 0.161 e. The number of nitrogens with one attached hydrogen (secondary N) is 1. The topological polar surface area (TPSA) is 30.5 Å². The van der Waals surface area contributed by atoms with Crippen LogP contribution in [0.1, 0.15) is 31.7 Å². The largest absolute Gasteiger partial charge is 0.490 e. The van der Waals surface area contributed by atoms with E-state index >= 15 is 0 Å². The van der Waals surface area contributed by atoms with Crippen molar-refractivity contribution in [2.75, 3.05) is 20.3 Å². The number of hydrogen-bond donors (Lipinski definition) is 1. The number of hydrogen-bond acceptors (Lipinski definition) is 3. The third kappa shape index (κ3) is 3.91. The first kappa shape index (κ1) is 13.2. The van der Waals surface area contributed by atoms with Gasteiger partial charge in [-0.25, -0.2) is 0 Å². The third-order valence-corrected chi connectivity index (χ3v) is 3.17. The maximum absolute atomic E-state index is 5.83. The lowest BCUT2D eigenvalue weighted by Gasteiger charge is -2.13. The van der Waals surface area contributed by atoms with Gasteiger partial charge in [-0.3, -0.25) is 0 Å². The molecule has 0 spiro atoms. The van der Waals surface area contributed by atoms with Crippen LogP contribution in [0.2, 0.25) is 0 Å². The Bertz CT molecular complexity index is 375. The zero-order chi connectivity index (χ0) is 12.8. The quantitative estimate of drug-likeness (QED) is 0.768. The monoisotopic (exact) mass is 249 g/mol. The minimum atomic E-state index is 0.669. The molecular weight excluding hydrogens is 226 g/mol. The molecule has 1 N–H and O–H groups in total. The summed E-state index contributed by atoms with van der Waals surface area (Å²) in [5.74, 6) is 2.64. The van der Waals surface area contributed by atoms with Gasteiger partial charge in [-0.2, -0.15) is 0 Å². The molecule has 3 heteroatoms. The van der Waals surface area contributed by atoms with Gasteiger partial charge < -0.3 is 14.8 Å². The second kappa shape index (κ2) is 6.64. The summed E-state index contributed by atoms with van der Waals surface area (Å²) in [5.41, 5.74) is 1.22. The number of rotatable bonds is 8. The van der Waals surface area contributed by atoms with E-state index in [0.717, 1.165) is 30.6 Å². The average molecular weight is 249 g/mol. The summed E-state index contributed by atoms with van der Waals surface area (Å²) < 4.78 is 11.5. The molecule has 0 aromatic heterocycles. The van der Waals surface area contributed by atoms with Crippen LogP contribution >= 0.6 is 0 Å². The molecule has 1 aromatic carbocycles. The normalized spacial score (nSPS) is 14.6. The predicted octanol–water partition coefficient (Wildman–Crippen LogP) is 2.98. The standard InChI is InChI=1S/C15H23NO2/c1-3-17-15-10-13(11-16-2)6-7-14(15)18-9-8-12-4-5-12/h6-7,10,12,16H,3-5,8-9,11H2,1-2H3. The fourth-order valence-corrected chi connectivity index (χ4v) is 2.00. The lowest BCUT2D eigenvalue weighted by atomic mass is 10.2. The van der Waals surface area contributed by atoms with Gasteiger partial charge in [0.25, 0.3) is 0 Å². The summed E-state index contributed by atoms with van der Waals surface area (Å²) in [5, 5.41) is 3.14. The van der Waals surface area contributed by atoms with E-state index in [4.69, 9.17) is 9.47 Å². The van der Waals surface area contributed by atoms with Gasteiger partial charge in [-0.15, -0.1) is 0 Å². The van der Waals surface area contributed by atoms with Gasteiger partial charge in [0.05, 0.1) is 13.2 Å².